The van der Waals surface area contributed by atoms with Gasteiger partial charge >= 0.3 is 0 Å². The van der Waals surface area contributed by atoms with Crippen LogP contribution in [-0.2, 0) is 22.6 Å². The molecule has 0 spiro atoms. The van der Waals surface area contributed by atoms with Gasteiger partial charge in [-0.05, 0) is 38.3 Å². The number of nitrogens with zero attached hydrogens (tertiary/aromatic N) is 1. The molecule has 146 valence electrons. The Morgan fingerprint density at radius 3 is 2.70 bits per heavy atom. The van der Waals surface area contributed by atoms with Gasteiger partial charge in [-0.25, -0.2) is 4.98 Å². The van der Waals surface area contributed by atoms with Crippen molar-refractivity contribution in [2.24, 2.45) is 0 Å². The van der Waals surface area contributed by atoms with Crippen LogP contribution in [0.4, 0.5) is 5.69 Å². The number of ether oxygens (including phenoxy) is 1. The van der Waals surface area contributed by atoms with E-state index >= 15 is 0 Å². The van der Waals surface area contributed by atoms with Crippen molar-refractivity contribution in [2.75, 3.05) is 5.32 Å². The molecule has 1 heterocycles. The van der Waals surface area contributed by atoms with Crippen LogP contribution >= 0.6 is 11.8 Å². The molecule has 27 heavy (non-hydrogen) atoms. The minimum absolute atomic E-state index is 0.0509. The Labute approximate surface area is 164 Å². The molecule has 0 fully saturated rings. The fourth-order valence-electron chi connectivity index (χ4n) is 2.49. The van der Waals surface area contributed by atoms with E-state index in [-0.39, 0.29) is 29.4 Å². The van der Waals surface area contributed by atoms with Crippen molar-refractivity contribution in [3.63, 3.8) is 0 Å². The van der Waals surface area contributed by atoms with Gasteiger partial charge in [0.05, 0.1) is 23.7 Å². The van der Waals surface area contributed by atoms with Crippen LogP contribution in [0, 0.1) is 0 Å². The van der Waals surface area contributed by atoms with E-state index in [2.05, 4.69) is 22.2 Å². The number of H-pyrrole nitrogens is 1. The summed E-state index contributed by atoms with van der Waals surface area (Å²) in [5.41, 5.74) is 2.22. The number of hydrogen-bond acceptors (Lipinski definition) is 5. The van der Waals surface area contributed by atoms with Crippen LogP contribution < -0.4 is 10.9 Å². The Balaban J connectivity index is 2.11. The fourth-order valence-corrected chi connectivity index (χ4v) is 3.42. The molecule has 2 N–H and O–H groups in total. The predicted octanol–water partition coefficient (Wildman–Crippen LogP) is 3.77. The van der Waals surface area contributed by atoms with Crippen molar-refractivity contribution in [3.8, 4) is 0 Å². The molecule has 1 amide bonds. The smallest absolute Gasteiger partial charge is 0.251 e. The summed E-state index contributed by atoms with van der Waals surface area (Å²) in [7, 11) is 0. The number of carbonyl (C=O) groups is 1. The summed E-state index contributed by atoms with van der Waals surface area (Å²) < 4.78 is 5.52. The van der Waals surface area contributed by atoms with Crippen LogP contribution in [-0.4, -0.2) is 27.2 Å². The highest BCUT2D eigenvalue weighted by Gasteiger charge is 2.20. The first-order valence-electron chi connectivity index (χ1n) is 9.20. The Kier molecular flexibility index (Phi) is 8.06. The number of carbonyl (C=O) groups excluding carboxylic acids is 1. The zero-order valence-electron chi connectivity index (χ0n) is 16.2. The quantitative estimate of drug-likeness (QED) is 0.504. The molecule has 1 aromatic carbocycles. The molecule has 2 rings (SSSR count). The molecule has 0 aliphatic rings. The molecule has 7 heteroatoms. The first-order valence-corrected chi connectivity index (χ1v) is 10.1. The molecule has 0 aliphatic carbocycles. The molecule has 0 bridgehead atoms. The van der Waals surface area contributed by atoms with Crippen LogP contribution in [0.2, 0.25) is 0 Å². The molecule has 6 nitrogen and oxygen atoms in total. The van der Waals surface area contributed by atoms with E-state index in [1.54, 1.807) is 0 Å². The number of thioether (sulfide) groups is 1. The van der Waals surface area contributed by atoms with Crippen LogP contribution in [0.3, 0.4) is 0 Å². The van der Waals surface area contributed by atoms with E-state index in [1.807, 2.05) is 45.0 Å². The maximum absolute atomic E-state index is 12.7. The second kappa shape index (κ2) is 10.3. The first kappa shape index (κ1) is 21.2. The summed E-state index contributed by atoms with van der Waals surface area (Å²) in [5.74, 6) is -0.102. The van der Waals surface area contributed by atoms with Crippen molar-refractivity contribution in [3.05, 3.63) is 51.9 Å². The zero-order valence-corrected chi connectivity index (χ0v) is 17.1. The molecular formula is C20H27N3O3S. The fraction of sp³-hybridized carbons (Fsp3) is 0.450. The Hall–Kier alpha value is -2.12. The van der Waals surface area contributed by atoms with Crippen molar-refractivity contribution in [1.82, 2.24) is 9.97 Å². The standard InChI is InChI=1S/C20H27N3O3S/c1-5-14-9-7-8-10-16(14)22-19(25)17(6-2)27-20-21-15(11-18(24)23-20)12-26-13(3)4/h7-11,13,17H,5-6,12H2,1-4H3,(H,22,25)(H,21,23,24). The molecule has 0 radical (unpaired) electrons. The maximum atomic E-state index is 12.7. The monoisotopic (exact) mass is 389 g/mol. The second-order valence-corrected chi connectivity index (χ2v) is 7.61. The van der Waals surface area contributed by atoms with Crippen LogP contribution in [0.1, 0.15) is 45.4 Å². The molecule has 2 aromatic rings. The molecule has 1 aromatic heterocycles. The van der Waals surface area contributed by atoms with Gasteiger partial charge in [0.1, 0.15) is 0 Å². The Morgan fingerprint density at radius 2 is 2.04 bits per heavy atom. The third-order valence-electron chi connectivity index (χ3n) is 3.91. The van der Waals surface area contributed by atoms with Gasteiger partial charge in [0.2, 0.25) is 5.91 Å². The summed E-state index contributed by atoms with van der Waals surface area (Å²) in [5, 5.41) is 3.06. The van der Waals surface area contributed by atoms with E-state index in [0.29, 0.717) is 17.3 Å². The summed E-state index contributed by atoms with van der Waals surface area (Å²) >= 11 is 1.26. The van der Waals surface area contributed by atoms with Crippen molar-refractivity contribution >= 4 is 23.4 Å². The number of aromatic nitrogens is 2. The van der Waals surface area contributed by atoms with Crippen LogP contribution in [0.25, 0.3) is 0 Å². The minimum atomic E-state index is -0.362. The Morgan fingerprint density at radius 1 is 1.30 bits per heavy atom. The molecule has 1 atom stereocenters. The number of rotatable bonds is 9. The van der Waals surface area contributed by atoms with E-state index in [9.17, 15) is 9.59 Å². The lowest BCUT2D eigenvalue weighted by atomic mass is 10.1. The molecule has 0 saturated carbocycles. The normalized spacial score (nSPS) is 12.2. The number of aryl methyl sites for hydroxylation is 1. The third-order valence-corrected chi connectivity index (χ3v) is 5.16. The number of hydrogen-bond donors (Lipinski definition) is 2. The summed E-state index contributed by atoms with van der Waals surface area (Å²) in [6.07, 6.45) is 1.50. The number of amides is 1. The highest BCUT2D eigenvalue weighted by Crippen LogP contribution is 2.24. The number of para-hydroxylation sites is 1. The van der Waals surface area contributed by atoms with E-state index in [0.717, 1.165) is 17.7 Å². The Bertz CT molecular complexity index is 820. The number of nitrogens with one attached hydrogen (secondary N) is 2. The van der Waals surface area contributed by atoms with Gasteiger partial charge in [-0.15, -0.1) is 0 Å². The van der Waals surface area contributed by atoms with E-state index in [4.69, 9.17) is 4.74 Å². The van der Waals surface area contributed by atoms with E-state index in [1.165, 1.54) is 17.8 Å². The molecule has 0 aliphatic heterocycles. The van der Waals surface area contributed by atoms with Crippen LogP contribution in [0.15, 0.2) is 40.3 Å². The average molecular weight is 390 g/mol. The van der Waals surface area contributed by atoms with Gasteiger partial charge in [0.25, 0.3) is 5.56 Å². The van der Waals surface area contributed by atoms with Crippen molar-refractivity contribution in [1.29, 1.82) is 0 Å². The number of anilines is 1. The second-order valence-electron chi connectivity index (χ2n) is 6.42. The lowest BCUT2D eigenvalue weighted by molar-refractivity contribution is -0.115. The SMILES string of the molecule is CCc1ccccc1NC(=O)C(CC)Sc1nc(COC(C)C)cc(=O)[nH]1. The van der Waals surface area contributed by atoms with Crippen molar-refractivity contribution < 1.29 is 9.53 Å². The minimum Gasteiger partial charge on any atom is -0.373 e. The third kappa shape index (κ3) is 6.52. The maximum Gasteiger partial charge on any atom is 0.251 e. The van der Waals surface area contributed by atoms with Gasteiger partial charge < -0.3 is 15.0 Å². The van der Waals surface area contributed by atoms with Gasteiger partial charge in [-0.1, -0.05) is 43.8 Å². The topological polar surface area (TPSA) is 84.1 Å². The predicted molar refractivity (Wildman–Crippen MR) is 109 cm³/mol. The van der Waals surface area contributed by atoms with Crippen LogP contribution in [0.5, 0.6) is 0 Å². The number of benzene rings is 1. The van der Waals surface area contributed by atoms with Crippen molar-refractivity contribution in [2.45, 2.75) is 63.7 Å². The molecule has 1 unspecified atom stereocenters. The van der Waals surface area contributed by atoms with Gasteiger partial charge in [0, 0.05) is 11.8 Å². The first-order chi connectivity index (χ1) is 12.9. The van der Waals surface area contributed by atoms with Gasteiger partial charge in [-0.3, -0.25) is 9.59 Å². The largest absolute Gasteiger partial charge is 0.373 e. The molecular weight excluding hydrogens is 362 g/mol. The number of aromatic amines is 1. The summed E-state index contributed by atoms with van der Waals surface area (Å²) in [6.45, 7) is 8.11. The highest BCUT2D eigenvalue weighted by atomic mass is 32.2. The zero-order chi connectivity index (χ0) is 19.8. The van der Waals surface area contributed by atoms with Gasteiger partial charge in [-0.2, -0.15) is 0 Å². The van der Waals surface area contributed by atoms with E-state index < -0.39 is 0 Å². The highest BCUT2D eigenvalue weighted by molar-refractivity contribution is 8.00. The molecule has 0 saturated heterocycles. The summed E-state index contributed by atoms with van der Waals surface area (Å²) in [6, 6.07) is 9.18. The summed E-state index contributed by atoms with van der Waals surface area (Å²) in [4.78, 5) is 31.8. The lowest BCUT2D eigenvalue weighted by Crippen LogP contribution is -2.26. The average Bonchev–Trinajstić information content (AvgIpc) is 2.64. The lowest BCUT2D eigenvalue weighted by Gasteiger charge is -2.16. The van der Waals surface area contributed by atoms with Gasteiger partial charge in [0.15, 0.2) is 5.16 Å².